The third-order valence-electron chi connectivity index (χ3n) is 5.02. The van der Waals surface area contributed by atoms with E-state index in [2.05, 4.69) is 31.0 Å². The molecule has 2 rings (SSSR count). The van der Waals surface area contributed by atoms with Gasteiger partial charge in [0, 0.05) is 25.2 Å². The van der Waals surface area contributed by atoms with Crippen molar-refractivity contribution in [3.63, 3.8) is 0 Å². The molecule has 19 heavy (non-hydrogen) atoms. The third-order valence-corrected chi connectivity index (χ3v) is 5.02. The minimum absolute atomic E-state index is 0.119. The lowest BCUT2D eigenvalue weighted by atomic mass is 9.78. The third kappa shape index (κ3) is 3.93. The lowest BCUT2D eigenvalue weighted by Gasteiger charge is -2.48. The maximum atomic E-state index is 10.2. The molecule has 0 aromatic carbocycles. The number of hydrogen-bond donors (Lipinski definition) is 2. The molecule has 2 aliphatic rings. The second-order valence-electron chi connectivity index (χ2n) is 6.81. The van der Waals surface area contributed by atoms with Gasteiger partial charge in [0.2, 0.25) is 0 Å². The number of nitrogens with one attached hydrogen (secondary N) is 1. The largest absolute Gasteiger partial charge is 0.393 e. The molecule has 0 aromatic heterocycles. The van der Waals surface area contributed by atoms with Gasteiger partial charge >= 0.3 is 0 Å². The summed E-state index contributed by atoms with van der Waals surface area (Å²) in [6.07, 6.45) is 5.82. The van der Waals surface area contributed by atoms with Gasteiger partial charge in [-0.25, -0.2) is 0 Å². The topological polar surface area (TPSA) is 35.5 Å². The highest BCUT2D eigenvalue weighted by Crippen LogP contribution is 2.34. The Hall–Kier alpha value is -0.120. The summed E-state index contributed by atoms with van der Waals surface area (Å²) < 4.78 is 0. The van der Waals surface area contributed by atoms with E-state index in [1.165, 1.54) is 25.8 Å². The Morgan fingerprint density at radius 1 is 1.21 bits per heavy atom. The van der Waals surface area contributed by atoms with Crippen molar-refractivity contribution in [3.05, 3.63) is 0 Å². The molecule has 112 valence electrons. The van der Waals surface area contributed by atoms with Crippen LogP contribution in [0.25, 0.3) is 0 Å². The van der Waals surface area contributed by atoms with E-state index >= 15 is 0 Å². The van der Waals surface area contributed by atoms with E-state index in [4.69, 9.17) is 0 Å². The van der Waals surface area contributed by atoms with Gasteiger partial charge in [0.25, 0.3) is 0 Å². The Morgan fingerprint density at radius 2 is 1.95 bits per heavy atom. The summed E-state index contributed by atoms with van der Waals surface area (Å²) in [5, 5.41) is 13.9. The highest BCUT2D eigenvalue weighted by atomic mass is 16.3. The van der Waals surface area contributed by atoms with Gasteiger partial charge in [0.15, 0.2) is 0 Å². The van der Waals surface area contributed by atoms with Crippen LogP contribution in [0.3, 0.4) is 0 Å². The van der Waals surface area contributed by atoms with E-state index in [0.29, 0.717) is 12.0 Å². The molecule has 1 saturated carbocycles. The smallest absolute Gasteiger partial charge is 0.0578 e. The molecule has 1 aliphatic heterocycles. The van der Waals surface area contributed by atoms with Crippen molar-refractivity contribution >= 4 is 0 Å². The fraction of sp³-hybridized carbons (Fsp3) is 1.00. The van der Waals surface area contributed by atoms with Crippen molar-refractivity contribution < 1.29 is 5.11 Å². The fourth-order valence-corrected chi connectivity index (χ4v) is 3.74. The first kappa shape index (κ1) is 15.3. The standard InChI is InChI=1S/C16H32N2O/c1-4-6-17-14-9-13(16(19)5-2)10-18(11-14)15-7-12(3)8-15/h12-17,19H,4-11H2,1-3H3. The summed E-state index contributed by atoms with van der Waals surface area (Å²) in [6, 6.07) is 1.36. The molecule has 0 aromatic rings. The SMILES string of the molecule is CCCNC1CC(C(O)CC)CN(C2CC(C)C2)C1. The quantitative estimate of drug-likeness (QED) is 0.775. The maximum Gasteiger partial charge on any atom is 0.0578 e. The second kappa shape index (κ2) is 7.05. The van der Waals surface area contributed by atoms with E-state index in [0.717, 1.165) is 37.9 Å². The van der Waals surface area contributed by atoms with Crippen LogP contribution in [0.5, 0.6) is 0 Å². The van der Waals surface area contributed by atoms with E-state index in [9.17, 15) is 5.11 Å². The van der Waals surface area contributed by atoms with Crippen molar-refractivity contribution in [2.45, 2.75) is 71.1 Å². The Balaban J connectivity index is 1.91. The summed E-state index contributed by atoms with van der Waals surface area (Å²) in [5.74, 6) is 1.37. The molecular weight excluding hydrogens is 236 g/mol. The summed E-state index contributed by atoms with van der Waals surface area (Å²) in [5.41, 5.74) is 0. The van der Waals surface area contributed by atoms with Gasteiger partial charge in [-0.3, -0.25) is 4.90 Å². The number of nitrogens with zero attached hydrogens (tertiary/aromatic N) is 1. The number of aliphatic hydroxyl groups is 1. The average molecular weight is 268 g/mol. The van der Waals surface area contributed by atoms with Gasteiger partial charge in [-0.15, -0.1) is 0 Å². The number of likely N-dealkylation sites (tertiary alicyclic amines) is 1. The lowest BCUT2D eigenvalue weighted by molar-refractivity contribution is -0.00916. The molecule has 0 bridgehead atoms. The van der Waals surface area contributed by atoms with Crippen LogP contribution in [0.2, 0.25) is 0 Å². The van der Waals surface area contributed by atoms with Crippen LogP contribution in [0.4, 0.5) is 0 Å². The Labute approximate surface area is 118 Å². The molecule has 1 saturated heterocycles. The highest BCUT2D eigenvalue weighted by Gasteiger charge is 2.37. The van der Waals surface area contributed by atoms with E-state index in [-0.39, 0.29) is 6.10 Å². The Kier molecular flexibility index (Phi) is 5.67. The number of aliphatic hydroxyl groups excluding tert-OH is 1. The van der Waals surface area contributed by atoms with E-state index in [1.807, 2.05) is 0 Å². The van der Waals surface area contributed by atoms with Crippen molar-refractivity contribution in [2.75, 3.05) is 19.6 Å². The Bertz CT molecular complexity index is 265. The molecule has 2 N–H and O–H groups in total. The maximum absolute atomic E-state index is 10.2. The first-order valence-electron chi connectivity index (χ1n) is 8.29. The van der Waals surface area contributed by atoms with Crippen molar-refractivity contribution in [2.24, 2.45) is 11.8 Å². The predicted octanol–water partition coefficient (Wildman–Crippen LogP) is 2.25. The zero-order chi connectivity index (χ0) is 13.8. The average Bonchev–Trinajstić information content (AvgIpc) is 2.40. The van der Waals surface area contributed by atoms with Crippen molar-refractivity contribution in [3.8, 4) is 0 Å². The first-order chi connectivity index (χ1) is 9.13. The summed E-state index contributed by atoms with van der Waals surface area (Å²) in [6.45, 7) is 10.1. The molecule has 1 heterocycles. The minimum Gasteiger partial charge on any atom is -0.393 e. The van der Waals surface area contributed by atoms with Gasteiger partial charge in [0.1, 0.15) is 0 Å². The normalized spacial score (nSPS) is 37.9. The Morgan fingerprint density at radius 3 is 2.53 bits per heavy atom. The van der Waals surface area contributed by atoms with Crippen molar-refractivity contribution in [1.82, 2.24) is 10.2 Å². The van der Waals surface area contributed by atoms with Gasteiger partial charge in [0.05, 0.1) is 6.10 Å². The monoisotopic (exact) mass is 268 g/mol. The van der Waals surface area contributed by atoms with Crippen LogP contribution in [-0.4, -0.2) is 47.8 Å². The summed E-state index contributed by atoms with van der Waals surface area (Å²) in [4.78, 5) is 2.65. The van der Waals surface area contributed by atoms with E-state index < -0.39 is 0 Å². The zero-order valence-electron chi connectivity index (χ0n) is 12.9. The van der Waals surface area contributed by atoms with Crippen LogP contribution in [0.15, 0.2) is 0 Å². The predicted molar refractivity (Wildman–Crippen MR) is 80.2 cm³/mol. The fourth-order valence-electron chi connectivity index (χ4n) is 3.74. The molecule has 3 atom stereocenters. The van der Waals surface area contributed by atoms with Gasteiger partial charge in [-0.1, -0.05) is 20.8 Å². The summed E-state index contributed by atoms with van der Waals surface area (Å²) >= 11 is 0. The first-order valence-corrected chi connectivity index (χ1v) is 8.29. The minimum atomic E-state index is -0.119. The van der Waals surface area contributed by atoms with Crippen molar-refractivity contribution in [1.29, 1.82) is 0 Å². The molecule has 3 nitrogen and oxygen atoms in total. The molecule has 0 amide bonds. The van der Waals surface area contributed by atoms with Gasteiger partial charge in [-0.05, 0) is 50.5 Å². The zero-order valence-corrected chi connectivity index (χ0v) is 12.9. The van der Waals surface area contributed by atoms with E-state index in [1.54, 1.807) is 0 Å². The van der Waals surface area contributed by atoms with Crippen LogP contribution >= 0.6 is 0 Å². The second-order valence-corrected chi connectivity index (χ2v) is 6.81. The molecule has 3 heteroatoms. The van der Waals surface area contributed by atoms with Crippen LogP contribution in [0.1, 0.15) is 52.9 Å². The highest BCUT2D eigenvalue weighted by molar-refractivity contribution is 4.93. The molecule has 0 radical (unpaired) electrons. The molecular formula is C16H32N2O. The van der Waals surface area contributed by atoms with Gasteiger partial charge < -0.3 is 10.4 Å². The van der Waals surface area contributed by atoms with Crippen LogP contribution in [-0.2, 0) is 0 Å². The molecule has 2 fully saturated rings. The number of rotatable bonds is 6. The van der Waals surface area contributed by atoms with Crippen LogP contribution in [0, 0.1) is 11.8 Å². The molecule has 1 aliphatic carbocycles. The lowest BCUT2D eigenvalue weighted by Crippen LogP contribution is -2.57. The molecule has 3 unspecified atom stereocenters. The summed E-state index contributed by atoms with van der Waals surface area (Å²) in [7, 11) is 0. The van der Waals surface area contributed by atoms with Crippen LogP contribution < -0.4 is 5.32 Å². The number of hydrogen-bond acceptors (Lipinski definition) is 3. The number of piperidine rings is 1. The molecule has 0 spiro atoms. The van der Waals surface area contributed by atoms with Gasteiger partial charge in [-0.2, -0.15) is 0 Å².